The fourth-order valence-corrected chi connectivity index (χ4v) is 2.63. The highest BCUT2D eigenvalue weighted by atomic mass is 35.5. The quantitative estimate of drug-likeness (QED) is 0.604. The molecule has 0 fully saturated rings. The van der Waals surface area contributed by atoms with Gasteiger partial charge in [-0.1, -0.05) is 29.3 Å². The van der Waals surface area contributed by atoms with Crippen LogP contribution in [0.2, 0.25) is 10.0 Å². The molecule has 0 saturated heterocycles. The normalized spacial score (nSPS) is 11.1. The van der Waals surface area contributed by atoms with Crippen LogP contribution in [-0.2, 0) is 5.88 Å². The van der Waals surface area contributed by atoms with E-state index < -0.39 is 0 Å². The van der Waals surface area contributed by atoms with Gasteiger partial charge in [0, 0.05) is 15.7 Å². The summed E-state index contributed by atoms with van der Waals surface area (Å²) < 4.78 is 1.99. The molecule has 0 saturated carbocycles. The third-order valence-corrected chi connectivity index (χ3v) is 3.58. The van der Waals surface area contributed by atoms with E-state index in [4.69, 9.17) is 34.8 Å². The summed E-state index contributed by atoms with van der Waals surface area (Å²) >= 11 is 18.0. The van der Waals surface area contributed by atoms with E-state index in [1.807, 2.05) is 47.0 Å². The van der Waals surface area contributed by atoms with Gasteiger partial charge in [-0.3, -0.25) is 4.57 Å². The zero-order valence-electron chi connectivity index (χ0n) is 9.78. The van der Waals surface area contributed by atoms with Crippen molar-refractivity contribution in [2.75, 3.05) is 0 Å². The van der Waals surface area contributed by atoms with Crippen LogP contribution in [0, 0.1) is 0 Å². The SMILES string of the molecule is ClCc1nc2cc(Cl)ccc2n1-c1cccc(Cl)c1. The van der Waals surface area contributed by atoms with E-state index >= 15 is 0 Å². The molecule has 0 aliphatic carbocycles. The van der Waals surface area contributed by atoms with E-state index in [2.05, 4.69) is 4.98 Å². The molecular formula is C14H9Cl3N2. The van der Waals surface area contributed by atoms with Gasteiger partial charge in [-0.2, -0.15) is 0 Å². The second-order valence-corrected chi connectivity index (χ2v) is 5.25. The Labute approximate surface area is 125 Å². The zero-order chi connectivity index (χ0) is 13.4. The van der Waals surface area contributed by atoms with Crippen LogP contribution in [0.4, 0.5) is 0 Å². The molecule has 0 aliphatic heterocycles. The van der Waals surface area contributed by atoms with Crippen LogP contribution in [0.1, 0.15) is 5.82 Å². The molecule has 19 heavy (non-hydrogen) atoms. The van der Waals surface area contributed by atoms with E-state index in [9.17, 15) is 0 Å². The summed E-state index contributed by atoms with van der Waals surface area (Å²) in [5.74, 6) is 1.08. The first-order valence-electron chi connectivity index (χ1n) is 5.68. The Balaban J connectivity index is 2.32. The Kier molecular flexibility index (Phi) is 3.40. The summed E-state index contributed by atoms with van der Waals surface area (Å²) in [7, 11) is 0. The van der Waals surface area contributed by atoms with Crippen molar-refractivity contribution in [3.63, 3.8) is 0 Å². The number of aromatic nitrogens is 2. The summed E-state index contributed by atoms with van der Waals surface area (Å²) in [5.41, 5.74) is 2.72. The molecule has 2 nitrogen and oxygen atoms in total. The minimum Gasteiger partial charge on any atom is -0.295 e. The van der Waals surface area contributed by atoms with Gasteiger partial charge in [0.05, 0.1) is 16.9 Å². The fraction of sp³-hybridized carbons (Fsp3) is 0.0714. The van der Waals surface area contributed by atoms with Crippen LogP contribution in [0.5, 0.6) is 0 Å². The van der Waals surface area contributed by atoms with Gasteiger partial charge in [0.2, 0.25) is 0 Å². The molecule has 2 aromatic carbocycles. The van der Waals surface area contributed by atoms with Crippen LogP contribution in [0.3, 0.4) is 0 Å². The van der Waals surface area contributed by atoms with Gasteiger partial charge in [-0.25, -0.2) is 4.98 Å². The highest BCUT2D eigenvalue weighted by Crippen LogP contribution is 2.26. The Bertz CT molecular complexity index is 750. The molecule has 0 N–H and O–H groups in total. The first kappa shape index (κ1) is 12.8. The molecule has 5 heteroatoms. The Morgan fingerprint density at radius 1 is 1.00 bits per heavy atom. The molecule has 0 spiro atoms. The fourth-order valence-electron chi connectivity index (χ4n) is 2.10. The van der Waals surface area contributed by atoms with E-state index in [1.165, 1.54) is 0 Å². The second kappa shape index (κ2) is 5.04. The molecule has 0 aliphatic rings. The highest BCUT2D eigenvalue weighted by Gasteiger charge is 2.12. The lowest BCUT2D eigenvalue weighted by Gasteiger charge is -2.08. The number of hydrogen-bond acceptors (Lipinski definition) is 1. The maximum Gasteiger partial charge on any atom is 0.129 e. The minimum absolute atomic E-state index is 0.318. The summed E-state index contributed by atoms with van der Waals surface area (Å²) in [6, 6.07) is 13.2. The number of alkyl halides is 1. The molecule has 0 amide bonds. The van der Waals surface area contributed by atoms with Crippen LogP contribution >= 0.6 is 34.8 Å². The van der Waals surface area contributed by atoms with Gasteiger partial charge in [0.1, 0.15) is 5.82 Å². The van der Waals surface area contributed by atoms with Crippen molar-refractivity contribution >= 4 is 45.8 Å². The summed E-state index contributed by atoms with van der Waals surface area (Å²) in [4.78, 5) is 4.50. The molecule has 0 unspecified atom stereocenters. The van der Waals surface area contributed by atoms with E-state index in [0.29, 0.717) is 15.9 Å². The number of halogens is 3. The van der Waals surface area contributed by atoms with Crippen molar-refractivity contribution < 1.29 is 0 Å². The number of hydrogen-bond donors (Lipinski definition) is 0. The van der Waals surface area contributed by atoms with E-state index in [-0.39, 0.29) is 0 Å². The van der Waals surface area contributed by atoms with Crippen molar-refractivity contribution in [2.45, 2.75) is 5.88 Å². The van der Waals surface area contributed by atoms with Crippen molar-refractivity contribution in [1.82, 2.24) is 9.55 Å². The molecule has 96 valence electrons. The number of rotatable bonds is 2. The first-order chi connectivity index (χ1) is 9.19. The minimum atomic E-state index is 0.318. The molecule has 0 radical (unpaired) electrons. The van der Waals surface area contributed by atoms with Gasteiger partial charge in [0.25, 0.3) is 0 Å². The van der Waals surface area contributed by atoms with Gasteiger partial charge >= 0.3 is 0 Å². The molecule has 3 rings (SSSR count). The third kappa shape index (κ3) is 2.32. The smallest absolute Gasteiger partial charge is 0.129 e. The number of fused-ring (bicyclic) bond motifs is 1. The third-order valence-electron chi connectivity index (χ3n) is 2.87. The predicted molar refractivity (Wildman–Crippen MR) is 80.6 cm³/mol. The largest absolute Gasteiger partial charge is 0.295 e. The van der Waals surface area contributed by atoms with Crippen molar-refractivity contribution in [3.05, 3.63) is 58.3 Å². The van der Waals surface area contributed by atoms with Crippen LogP contribution in [0.25, 0.3) is 16.7 Å². The highest BCUT2D eigenvalue weighted by molar-refractivity contribution is 6.31. The summed E-state index contributed by atoms with van der Waals surface area (Å²) in [6.07, 6.45) is 0. The molecule has 0 atom stereocenters. The number of nitrogens with zero attached hydrogens (tertiary/aromatic N) is 2. The van der Waals surface area contributed by atoms with E-state index in [0.717, 1.165) is 22.5 Å². The molecule has 3 aromatic rings. The number of benzene rings is 2. The Morgan fingerprint density at radius 2 is 1.79 bits per heavy atom. The summed E-state index contributed by atoms with van der Waals surface area (Å²) in [6.45, 7) is 0. The van der Waals surface area contributed by atoms with Crippen molar-refractivity contribution in [1.29, 1.82) is 0 Å². The predicted octanol–water partition coefficient (Wildman–Crippen LogP) is 5.07. The molecular weight excluding hydrogens is 303 g/mol. The first-order valence-corrected chi connectivity index (χ1v) is 6.97. The monoisotopic (exact) mass is 310 g/mol. The molecule has 1 heterocycles. The Morgan fingerprint density at radius 3 is 2.53 bits per heavy atom. The maximum absolute atomic E-state index is 6.05. The molecule has 1 aromatic heterocycles. The van der Waals surface area contributed by atoms with Crippen molar-refractivity contribution in [3.8, 4) is 5.69 Å². The lowest BCUT2D eigenvalue weighted by Crippen LogP contribution is -1.98. The van der Waals surface area contributed by atoms with Gasteiger partial charge in [-0.15, -0.1) is 11.6 Å². The topological polar surface area (TPSA) is 17.8 Å². The van der Waals surface area contributed by atoms with Gasteiger partial charge in [-0.05, 0) is 36.4 Å². The van der Waals surface area contributed by atoms with Crippen LogP contribution in [0.15, 0.2) is 42.5 Å². The lowest BCUT2D eigenvalue weighted by molar-refractivity contribution is 0.982. The molecule has 0 bridgehead atoms. The zero-order valence-corrected chi connectivity index (χ0v) is 12.0. The van der Waals surface area contributed by atoms with Gasteiger partial charge in [0.15, 0.2) is 0 Å². The Hall–Kier alpha value is -1.22. The van der Waals surface area contributed by atoms with Gasteiger partial charge < -0.3 is 0 Å². The lowest BCUT2D eigenvalue weighted by atomic mass is 10.3. The van der Waals surface area contributed by atoms with E-state index in [1.54, 1.807) is 0 Å². The average molecular weight is 312 g/mol. The summed E-state index contributed by atoms with van der Waals surface area (Å²) in [5, 5.41) is 1.33. The van der Waals surface area contributed by atoms with Crippen LogP contribution in [-0.4, -0.2) is 9.55 Å². The van der Waals surface area contributed by atoms with Crippen molar-refractivity contribution in [2.24, 2.45) is 0 Å². The maximum atomic E-state index is 6.05. The standard InChI is InChI=1S/C14H9Cl3N2/c15-8-14-18-12-7-10(17)4-5-13(12)19(14)11-3-1-2-9(16)6-11/h1-7H,8H2. The average Bonchev–Trinajstić information content (AvgIpc) is 2.76. The number of imidazole rings is 1. The van der Waals surface area contributed by atoms with Crippen LogP contribution < -0.4 is 0 Å². The second-order valence-electron chi connectivity index (χ2n) is 4.11.